The summed E-state index contributed by atoms with van der Waals surface area (Å²) in [6.45, 7) is 0. The maximum absolute atomic E-state index is 10.7. The molecule has 0 aromatic rings. The fraction of sp³-hybridized carbons (Fsp3) is 0.143. The molecule has 1 radical (unpaired) electrons. The van der Waals surface area contributed by atoms with Crippen molar-refractivity contribution in [3.63, 3.8) is 0 Å². The van der Waals surface area contributed by atoms with E-state index in [9.17, 15) is 4.79 Å². The monoisotopic (exact) mass is 137 g/mol. The van der Waals surface area contributed by atoms with Crippen LogP contribution in [0.1, 0.15) is 0 Å². The second-order valence-corrected chi connectivity index (χ2v) is 2.16. The molecule has 0 amide bonds. The van der Waals surface area contributed by atoms with Gasteiger partial charge in [-0.3, -0.25) is 4.89 Å². The Morgan fingerprint density at radius 2 is 2.20 bits per heavy atom. The van der Waals surface area contributed by atoms with E-state index in [1.807, 2.05) is 6.08 Å². The molecule has 0 saturated carbocycles. The Labute approximate surface area is 57.9 Å². The highest BCUT2D eigenvalue weighted by molar-refractivity contribution is 5.87. The van der Waals surface area contributed by atoms with Crippen LogP contribution in [-0.4, -0.2) is 11.6 Å². The fourth-order valence-electron chi connectivity index (χ4n) is 0.880. The predicted octanol–water partition coefficient (Wildman–Crippen LogP) is 0.544. The van der Waals surface area contributed by atoms with Gasteiger partial charge in [-0.25, -0.2) is 4.79 Å². The Kier molecular flexibility index (Phi) is 0.964. The molecule has 0 aromatic carbocycles. The molecular formula is C7H5O3. The summed E-state index contributed by atoms with van der Waals surface area (Å²) in [6.07, 6.45) is 8.62. The second-order valence-electron chi connectivity index (χ2n) is 2.16. The van der Waals surface area contributed by atoms with Crippen molar-refractivity contribution in [2.75, 3.05) is 0 Å². The van der Waals surface area contributed by atoms with Crippen LogP contribution < -0.4 is 0 Å². The molecule has 0 aromatic heterocycles. The predicted molar refractivity (Wildman–Crippen MR) is 32.5 cm³/mol. The summed E-state index contributed by atoms with van der Waals surface area (Å²) in [7, 11) is 0. The molecule has 2 aliphatic rings. The van der Waals surface area contributed by atoms with Crippen LogP contribution in [0.5, 0.6) is 0 Å². The molecule has 1 fully saturated rings. The number of rotatable bonds is 0. The number of carbonyl (C=O) groups excluding carboxylic acids is 1. The zero-order chi connectivity index (χ0) is 7.03. The minimum Gasteiger partial charge on any atom is -0.293 e. The molecule has 10 heavy (non-hydrogen) atoms. The Bertz CT molecular complexity index is 229. The minimum atomic E-state index is -0.894. The van der Waals surface area contributed by atoms with Gasteiger partial charge in [-0.05, 0) is 6.08 Å². The third-order valence-electron chi connectivity index (χ3n) is 1.48. The highest BCUT2D eigenvalue weighted by Gasteiger charge is 2.50. The topological polar surface area (TPSA) is 35.5 Å². The number of hydrogen-bond acceptors (Lipinski definition) is 3. The number of allylic oxidation sites excluding steroid dienone is 2. The van der Waals surface area contributed by atoms with Gasteiger partial charge in [0.05, 0.1) is 0 Å². The van der Waals surface area contributed by atoms with Crippen LogP contribution in [0, 0.1) is 6.42 Å². The number of carbonyl (C=O) groups is 1. The lowest BCUT2D eigenvalue weighted by atomic mass is 9.95. The first-order valence-corrected chi connectivity index (χ1v) is 2.94. The lowest BCUT2D eigenvalue weighted by molar-refractivity contribution is -0.378. The van der Waals surface area contributed by atoms with Gasteiger partial charge in [-0.15, -0.1) is 0 Å². The minimum absolute atomic E-state index is 0.354. The van der Waals surface area contributed by atoms with Gasteiger partial charge >= 0.3 is 5.97 Å². The smallest absolute Gasteiger partial charge is 0.293 e. The molecule has 1 spiro atoms. The van der Waals surface area contributed by atoms with Crippen molar-refractivity contribution in [3.05, 3.63) is 30.7 Å². The Morgan fingerprint density at radius 1 is 1.30 bits per heavy atom. The van der Waals surface area contributed by atoms with Gasteiger partial charge in [-0.2, -0.15) is 4.89 Å². The summed E-state index contributed by atoms with van der Waals surface area (Å²) in [5.41, 5.74) is -0.894. The van der Waals surface area contributed by atoms with Crippen LogP contribution in [0.15, 0.2) is 24.3 Å². The lowest BCUT2D eigenvalue weighted by Gasteiger charge is -2.33. The van der Waals surface area contributed by atoms with Gasteiger partial charge in [0.15, 0.2) is 0 Å². The molecule has 0 N–H and O–H groups in total. The molecule has 1 unspecified atom stereocenters. The Balaban J connectivity index is 2.24. The van der Waals surface area contributed by atoms with Crippen LogP contribution in [0.25, 0.3) is 0 Å². The van der Waals surface area contributed by atoms with E-state index in [4.69, 9.17) is 0 Å². The van der Waals surface area contributed by atoms with E-state index in [0.717, 1.165) is 0 Å². The summed E-state index contributed by atoms with van der Waals surface area (Å²) >= 11 is 0. The molecule has 1 aliphatic carbocycles. The lowest BCUT2D eigenvalue weighted by Crippen LogP contribution is -2.51. The van der Waals surface area contributed by atoms with Crippen molar-refractivity contribution in [3.8, 4) is 0 Å². The first kappa shape index (κ1) is 5.68. The van der Waals surface area contributed by atoms with Gasteiger partial charge in [0.1, 0.15) is 0 Å². The molecular weight excluding hydrogens is 132 g/mol. The van der Waals surface area contributed by atoms with Crippen molar-refractivity contribution < 1.29 is 14.6 Å². The summed E-state index contributed by atoms with van der Waals surface area (Å²) in [5, 5.41) is 0. The molecule has 2 rings (SSSR count). The Hall–Kier alpha value is -1.09. The third kappa shape index (κ3) is 0.552. The SMILES string of the molecule is O=C1OOC12[CH]C=CC=C2. The summed E-state index contributed by atoms with van der Waals surface area (Å²) in [6, 6.07) is 0. The Morgan fingerprint density at radius 3 is 2.50 bits per heavy atom. The van der Waals surface area contributed by atoms with E-state index in [2.05, 4.69) is 9.78 Å². The van der Waals surface area contributed by atoms with Gasteiger partial charge in [-0.1, -0.05) is 18.2 Å². The van der Waals surface area contributed by atoms with Gasteiger partial charge in [0.25, 0.3) is 0 Å². The van der Waals surface area contributed by atoms with E-state index < -0.39 is 5.60 Å². The largest absolute Gasteiger partial charge is 0.382 e. The van der Waals surface area contributed by atoms with Crippen molar-refractivity contribution in [1.82, 2.24) is 0 Å². The van der Waals surface area contributed by atoms with Crippen LogP contribution >= 0.6 is 0 Å². The fourth-order valence-corrected chi connectivity index (χ4v) is 0.880. The van der Waals surface area contributed by atoms with Crippen molar-refractivity contribution in [2.24, 2.45) is 0 Å². The van der Waals surface area contributed by atoms with Crippen LogP contribution in [0.4, 0.5) is 0 Å². The molecule has 3 heteroatoms. The summed E-state index contributed by atoms with van der Waals surface area (Å²) in [4.78, 5) is 19.5. The van der Waals surface area contributed by atoms with E-state index in [-0.39, 0.29) is 5.97 Å². The molecule has 1 atom stereocenters. The van der Waals surface area contributed by atoms with E-state index in [0.29, 0.717) is 0 Å². The van der Waals surface area contributed by atoms with Crippen molar-refractivity contribution in [1.29, 1.82) is 0 Å². The molecule has 51 valence electrons. The van der Waals surface area contributed by atoms with Crippen LogP contribution in [0.2, 0.25) is 0 Å². The standard InChI is InChI=1S/C7H5O3/c8-6-7(10-9-6)4-2-1-3-5-7/h1-5H. The van der Waals surface area contributed by atoms with Crippen molar-refractivity contribution in [2.45, 2.75) is 5.60 Å². The van der Waals surface area contributed by atoms with E-state index in [1.54, 1.807) is 24.6 Å². The zero-order valence-electron chi connectivity index (χ0n) is 5.11. The average molecular weight is 137 g/mol. The van der Waals surface area contributed by atoms with Crippen LogP contribution in [-0.2, 0) is 14.6 Å². The molecule has 1 saturated heterocycles. The van der Waals surface area contributed by atoms with Crippen LogP contribution in [0.3, 0.4) is 0 Å². The normalized spacial score (nSPS) is 35.8. The van der Waals surface area contributed by atoms with Gasteiger partial charge in [0.2, 0.25) is 5.60 Å². The first-order valence-electron chi connectivity index (χ1n) is 2.94. The van der Waals surface area contributed by atoms with Gasteiger partial charge < -0.3 is 0 Å². The quantitative estimate of drug-likeness (QED) is 0.457. The first-order chi connectivity index (χ1) is 4.83. The average Bonchev–Trinajstić information content (AvgIpc) is 2.04. The number of hydrogen-bond donors (Lipinski definition) is 0. The highest BCUT2D eigenvalue weighted by atomic mass is 17.3. The van der Waals surface area contributed by atoms with Crippen molar-refractivity contribution >= 4 is 5.97 Å². The molecule has 1 aliphatic heterocycles. The second kappa shape index (κ2) is 1.70. The highest BCUT2D eigenvalue weighted by Crippen LogP contribution is 2.30. The van der Waals surface area contributed by atoms with E-state index in [1.165, 1.54) is 0 Å². The maximum atomic E-state index is 10.7. The molecule has 1 heterocycles. The maximum Gasteiger partial charge on any atom is 0.382 e. The molecule has 0 bridgehead atoms. The third-order valence-corrected chi connectivity index (χ3v) is 1.48. The molecule has 3 nitrogen and oxygen atoms in total. The summed E-state index contributed by atoms with van der Waals surface area (Å²) < 4.78 is 0. The van der Waals surface area contributed by atoms with Gasteiger partial charge in [0, 0.05) is 6.42 Å². The zero-order valence-corrected chi connectivity index (χ0v) is 5.11. The van der Waals surface area contributed by atoms with E-state index >= 15 is 0 Å². The summed E-state index contributed by atoms with van der Waals surface area (Å²) in [5.74, 6) is -0.354.